The minimum Gasteiger partial charge on any atom is -0.345 e. The topological polar surface area (TPSA) is 29.1 Å². The third-order valence-corrected chi connectivity index (χ3v) is 5.41. The molecule has 0 saturated heterocycles. The number of aryl methyl sites for hydroxylation is 1. The molecule has 1 atom stereocenters. The van der Waals surface area contributed by atoms with Gasteiger partial charge < -0.3 is 5.32 Å². The number of hydrogen-bond donors (Lipinski definition) is 1. The monoisotopic (exact) mass is 383 g/mol. The van der Waals surface area contributed by atoms with Crippen molar-refractivity contribution in [2.24, 2.45) is 0 Å². The van der Waals surface area contributed by atoms with Crippen LogP contribution in [0.1, 0.15) is 39.7 Å². The highest BCUT2D eigenvalue weighted by molar-refractivity contribution is 14.1. The molecule has 1 heterocycles. The lowest BCUT2D eigenvalue weighted by Crippen LogP contribution is -2.30. The quantitative estimate of drug-likeness (QED) is 0.776. The molecule has 1 aromatic carbocycles. The van der Waals surface area contributed by atoms with Crippen molar-refractivity contribution >= 4 is 39.8 Å². The van der Waals surface area contributed by atoms with Crippen LogP contribution in [0.4, 0.5) is 0 Å². The molecule has 2 nitrogen and oxygen atoms in total. The van der Waals surface area contributed by atoms with Crippen LogP contribution in [0.3, 0.4) is 0 Å². The molecule has 19 heavy (non-hydrogen) atoms. The number of benzene rings is 1. The number of thiophene rings is 1. The van der Waals surface area contributed by atoms with Crippen LogP contribution in [0.15, 0.2) is 35.7 Å². The highest BCUT2D eigenvalue weighted by Gasteiger charge is 2.23. The maximum Gasteiger partial charge on any atom is 0.252 e. The molecule has 1 unspecified atom stereocenters. The standard InChI is InChI=1S/C15H14INOS/c16-12-5-2-1-4-10(12)15(18)17-13-6-3-7-14-11(13)8-9-19-14/h1-2,4-5,8-9,13H,3,6-7H2,(H,17,18). The summed E-state index contributed by atoms with van der Waals surface area (Å²) in [6.45, 7) is 0. The van der Waals surface area contributed by atoms with Gasteiger partial charge in [0.1, 0.15) is 0 Å². The fourth-order valence-corrected chi connectivity index (χ4v) is 4.14. The van der Waals surface area contributed by atoms with Crippen molar-refractivity contribution < 1.29 is 4.79 Å². The third-order valence-electron chi connectivity index (χ3n) is 3.48. The van der Waals surface area contributed by atoms with Crippen LogP contribution in [0.25, 0.3) is 0 Å². The first kappa shape index (κ1) is 13.1. The normalized spacial score (nSPS) is 17.8. The number of halogens is 1. The molecule has 3 rings (SSSR count). The van der Waals surface area contributed by atoms with Crippen LogP contribution in [0.2, 0.25) is 0 Å². The molecule has 1 aliphatic rings. The summed E-state index contributed by atoms with van der Waals surface area (Å²) in [5, 5.41) is 5.31. The third kappa shape index (κ3) is 2.69. The molecule has 0 radical (unpaired) electrons. The summed E-state index contributed by atoms with van der Waals surface area (Å²) in [5.74, 6) is 0.0362. The number of carbonyl (C=O) groups excluding carboxylic acids is 1. The molecule has 0 spiro atoms. The molecule has 98 valence electrons. The number of fused-ring (bicyclic) bond motifs is 1. The Morgan fingerprint density at radius 1 is 1.32 bits per heavy atom. The van der Waals surface area contributed by atoms with Gasteiger partial charge in [0.2, 0.25) is 0 Å². The molecular formula is C15H14INOS. The predicted molar refractivity (Wildman–Crippen MR) is 86.6 cm³/mol. The van der Waals surface area contributed by atoms with Crippen LogP contribution in [0.5, 0.6) is 0 Å². The predicted octanol–water partition coefficient (Wildman–Crippen LogP) is 4.16. The lowest BCUT2D eigenvalue weighted by atomic mass is 9.94. The van der Waals surface area contributed by atoms with E-state index in [0.29, 0.717) is 0 Å². The van der Waals surface area contributed by atoms with E-state index >= 15 is 0 Å². The van der Waals surface area contributed by atoms with Crippen molar-refractivity contribution in [3.05, 3.63) is 55.3 Å². The molecule has 0 aliphatic heterocycles. The van der Waals surface area contributed by atoms with Crippen LogP contribution < -0.4 is 5.32 Å². The van der Waals surface area contributed by atoms with Gasteiger partial charge in [0.15, 0.2) is 0 Å². The first-order valence-corrected chi connectivity index (χ1v) is 8.33. The Bertz CT molecular complexity index is 608. The van der Waals surface area contributed by atoms with Gasteiger partial charge in [0.25, 0.3) is 5.91 Å². The van der Waals surface area contributed by atoms with E-state index in [9.17, 15) is 4.79 Å². The second kappa shape index (κ2) is 5.63. The van der Waals surface area contributed by atoms with E-state index in [1.807, 2.05) is 24.3 Å². The molecule has 1 N–H and O–H groups in total. The van der Waals surface area contributed by atoms with E-state index in [1.165, 1.54) is 10.4 Å². The van der Waals surface area contributed by atoms with Crippen LogP contribution >= 0.6 is 33.9 Å². The van der Waals surface area contributed by atoms with Crippen LogP contribution in [-0.4, -0.2) is 5.91 Å². The highest BCUT2D eigenvalue weighted by Crippen LogP contribution is 2.33. The Morgan fingerprint density at radius 3 is 3.00 bits per heavy atom. The summed E-state index contributed by atoms with van der Waals surface area (Å²) in [7, 11) is 0. The fourth-order valence-electron chi connectivity index (χ4n) is 2.52. The van der Waals surface area contributed by atoms with Crippen molar-refractivity contribution in [2.75, 3.05) is 0 Å². The van der Waals surface area contributed by atoms with E-state index in [2.05, 4.69) is 39.4 Å². The second-order valence-electron chi connectivity index (χ2n) is 4.70. The molecule has 1 aliphatic carbocycles. The summed E-state index contributed by atoms with van der Waals surface area (Å²) in [6.07, 6.45) is 3.35. The first-order chi connectivity index (χ1) is 9.25. The Balaban J connectivity index is 1.80. The molecule has 0 saturated carbocycles. The largest absolute Gasteiger partial charge is 0.345 e. The average Bonchev–Trinajstić information content (AvgIpc) is 2.88. The van der Waals surface area contributed by atoms with Crippen LogP contribution in [-0.2, 0) is 6.42 Å². The molecule has 4 heteroatoms. The zero-order valence-corrected chi connectivity index (χ0v) is 13.3. The lowest BCUT2D eigenvalue weighted by Gasteiger charge is -2.24. The van der Waals surface area contributed by atoms with Crippen molar-refractivity contribution in [1.29, 1.82) is 0 Å². The summed E-state index contributed by atoms with van der Waals surface area (Å²) in [5.41, 5.74) is 2.08. The van der Waals surface area contributed by atoms with Crippen molar-refractivity contribution in [3.63, 3.8) is 0 Å². The minimum absolute atomic E-state index is 0.0362. The molecule has 2 aromatic rings. The number of nitrogens with one attached hydrogen (secondary N) is 1. The number of carbonyl (C=O) groups is 1. The maximum atomic E-state index is 12.4. The molecule has 0 bridgehead atoms. The summed E-state index contributed by atoms with van der Waals surface area (Å²) in [6, 6.07) is 10.0. The number of amides is 1. The number of rotatable bonds is 2. The lowest BCUT2D eigenvalue weighted by molar-refractivity contribution is 0.0932. The van der Waals surface area contributed by atoms with Crippen molar-refractivity contribution in [1.82, 2.24) is 5.32 Å². The van der Waals surface area contributed by atoms with Gasteiger partial charge in [-0.25, -0.2) is 0 Å². The van der Waals surface area contributed by atoms with E-state index in [-0.39, 0.29) is 11.9 Å². The van der Waals surface area contributed by atoms with Gasteiger partial charge in [0, 0.05) is 8.45 Å². The summed E-state index contributed by atoms with van der Waals surface area (Å²) < 4.78 is 0.999. The SMILES string of the molecule is O=C(NC1CCCc2sccc21)c1ccccc1I. The fraction of sp³-hybridized carbons (Fsp3) is 0.267. The van der Waals surface area contributed by atoms with Crippen molar-refractivity contribution in [2.45, 2.75) is 25.3 Å². The Hall–Kier alpha value is -0.880. The Labute approximate surface area is 130 Å². The summed E-state index contributed by atoms with van der Waals surface area (Å²) >= 11 is 4.01. The molecule has 1 aromatic heterocycles. The zero-order chi connectivity index (χ0) is 13.2. The molecular weight excluding hydrogens is 369 g/mol. The highest BCUT2D eigenvalue weighted by atomic mass is 127. The van der Waals surface area contributed by atoms with Gasteiger partial charge in [-0.15, -0.1) is 11.3 Å². The summed E-state index contributed by atoms with van der Waals surface area (Å²) in [4.78, 5) is 13.8. The Morgan fingerprint density at radius 2 is 2.16 bits per heavy atom. The second-order valence-corrected chi connectivity index (χ2v) is 6.86. The van der Waals surface area contributed by atoms with Gasteiger partial charge >= 0.3 is 0 Å². The maximum absolute atomic E-state index is 12.4. The van der Waals surface area contributed by atoms with E-state index in [4.69, 9.17) is 0 Å². The Kier molecular flexibility index (Phi) is 3.88. The van der Waals surface area contributed by atoms with Gasteiger partial charge in [-0.05, 0) is 71.0 Å². The zero-order valence-electron chi connectivity index (χ0n) is 10.4. The van der Waals surface area contributed by atoms with Gasteiger partial charge in [-0.3, -0.25) is 4.79 Å². The molecule has 1 amide bonds. The smallest absolute Gasteiger partial charge is 0.252 e. The van der Waals surface area contributed by atoms with Gasteiger partial charge in [-0.2, -0.15) is 0 Å². The first-order valence-electron chi connectivity index (χ1n) is 6.37. The van der Waals surface area contributed by atoms with Gasteiger partial charge in [0.05, 0.1) is 11.6 Å². The molecule has 0 fully saturated rings. The average molecular weight is 383 g/mol. The van der Waals surface area contributed by atoms with E-state index in [0.717, 1.165) is 28.4 Å². The van der Waals surface area contributed by atoms with E-state index < -0.39 is 0 Å². The van der Waals surface area contributed by atoms with Gasteiger partial charge in [-0.1, -0.05) is 12.1 Å². The van der Waals surface area contributed by atoms with Crippen molar-refractivity contribution in [3.8, 4) is 0 Å². The minimum atomic E-state index is 0.0362. The van der Waals surface area contributed by atoms with E-state index in [1.54, 1.807) is 11.3 Å². The van der Waals surface area contributed by atoms with Crippen LogP contribution in [0, 0.1) is 3.57 Å². The number of hydrogen-bond acceptors (Lipinski definition) is 2.